The summed E-state index contributed by atoms with van der Waals surface area (Å²) in [5.41, 5.74) is 1.31. The Morgan fingerprint density at radius 1 is 1.10 bits per heavy atom. The third-order valence-electron chi connectivity index (χ3n) is 5.87. The van der Waals surface area contributed by atoms with Crippen LogP contribution in [-0.4, -0.2) is 74.7 Å². The van der Waals surface area contributed by atoms with E-state index in [9.17, 15) is 18.0 Å². The van der Waals surface area contributed by atoms with Crippen LogP contribution in [0.1, 0.15) is 46.6 Å². The molecule has 1 atom stereocenters. The molecule has 31 heavy (non-hydrogen) atoms. The maximum atomic E-state index is 12.9. The average molecular weight is 453 g/mol. The van der Waals surface area contributed by atoms with Gasteiger partial charge in [0.25, 0.3) is 0 Å². The van der Waals surface area contributed by atoms with E-state index in [1.54, 1.807) is 26.0 Å². The molecule has 2 amide bonds. The van der Waals surface area contributed by atoms with Crippen LogP contribution in [0, 0.1) is 0 Å². The number of fused-ring (bicyclic) bond motifs is 1. The topological polar surface area (TPSA) is 90.0 Å². The number of carbonyl (C=O) groups is 2. The first-order valence-electron chi connectivity index (χ1n) is 11.1. The first-order chi connectivity index (χ1) is 14.7. The van der Waals surface area contributed by atoms with Crippen molar-refractivity contribution in [2.45, 2.75) is 58.4 Å². The Morgan fingerprint density at radius 2 is 1.74 bits per heavy atom. The maximum absolute atomic E-state index is 12.9. The summed E-state index contributed by atoms with van der Waals surface area (Å²) in [7, 11) is -3.60. The zero-order chi connectivity index (χ0) is 23.2. The van der Waals surface area contributed by atoms with Gasteiger partial charge in [-0.25, -0.2) is 8.42 Å². The molecule has 0 saturated carbocycles. The highest BCUT2D eigenvalue weighted by atomic mass is 32.2. The third-order valence-corrected chi connectivity index (χ3v) is 7.91. The largest absolute Gasteiger partial charge is 0.354 e. The van der Waals surface area contributed by atoms with Crippen LogP contribution in [-0.2, 0) is 26.0 Å². The van der Waals surface area contributed by atoms with Gasteiger partial charge in [-0.1, -0.05) is 27.7 Å². The van der Waals surface area contributed by atoms with Gasteiger partial charge in [0, 0.05) is 38.7 Å². The van der Waals surface area contributed by atoms with E-state index in [-0.39, 0.29) is 16.7 Å². The molecule has 1 N–H and O–H groups in total. The molecule has 1 heterocycles. The van der Waals surface area contributed by atoms with E-state index in [1.807, 2.05) is 0 Å². The van der Waals surface area contributed by atoms with E-state index in [2.05, 4.69) is 24.1 Å². The predicted octanol–water partition coefficient (Wildman–Crippen LogP) is 1.84. The zero-order valence-corrected chi connectivity index (χ0v) is 20.2. The molecule has 0 radical (unpaired) electrons. The minimum Gasteiger partial charge on any atom is -0.354 e. The van der Waals surface area contributed by atoms with Gasteiger partial charge in [0.15, 0.2) is 0 Å². The molecule has 0 spiro atoms. The van der Waals surface area contributed by atoms with Crippen molar-refractivity contribution in [1.29, 1.82) is 0 Å². The van der Waals surface area contributed by atoms with Crippen LogP contribution in [0.2, 0.25) is 0 Å². The Kier molecular flexibility index (Phi) is 9.02. The number of hydrogen-bond donors (Lipinski definition) is 1. The average Bonchev–Trinajstić information content (AvgIpc) is 3.13. The smallest absolute Gasteiger partial charge is 0.243 e. The molecular formula is C22H36N4O4S. The normalized spacial score (nSPS) is 16.1. The number of nitrogens with zero attached hydrogens (tertiary/aromatic N) is 3. The summed E-state index contributed by atoms with van der Waals surface area (Å²) in [4.78, 5) is 29.1. The Morgan fingerprint density at radius 3 is 2.29 bits per heavy atom. The zero-order valence-electron chi connectivity index (χ0n) is 19.3. The lowest BCUT2D eigenvalue weighted by Gasteiger charge is -2.24. The number of anilines is 1. The van der Waals surface area contributed by atoms with Crippen LogP contribution >= 0.6 is 0 Å². The lowest BCUT2D eigenvalue weighted by atomic mass is 10.1. The Bertz CT molecular complexity index is 879. The molecule has 1 aromatic rings. The Balaban J connectivity index is 2.16. The first kappa shape index (κ1) is 25.3. The van der Waals surface area contributed by atoms with E-state index in [4.69, 9.17) is 0 Å². The predicted molar refractivity (Wildman–Crippen MR) is 123 cm³/mol. The third kappa shape index (κ3) is 5.64. The molecule has 0 bridgehead atoms. The van der Waals surface area contributed by atoms with Crippen molar-refractivity contribution in [2.75, 3.05) is 44.2 Å². The van der Waals surface area contributed by atoms with Crippen molar-refractivity contribution in [3.8, 4) is 0 Å². The van der Waals surface area contributed by atoms with Crippen molar-refractivity contribution in [3.05, 3.63) is 23.8 Å². The number of carbonyl (C=O) groups excluding carboxylic acids is 2. The van der Waals surface area contributed by atoms with Gasteiger partial charge in [0.2, 0.25) is 21.8 Å². The molecule has 1 unspecified atom stereocenters. The van der Waals surface area contributed by atoms with Crippen molar-refractivity contribution < 1.29 is 18.0 Å². The number of benzene rings is 1. The fourth-order valence-corrected chi connectivity index (χ4v) is 5.58. The SMILES string of the molecule is CCN(CC)CCCNC(=O)C1Cc2cc(S(=O)(=O)N(CC)CC)ccc2N1C(C)=O. The summed E-state index contributed by atoms with van der Waals surface area (Å²) in [5, 5.41) is 2.94. The van der Waals surface area contributed by atoms with Gasteiger partial charge < -0.3 is 10.2 Å². The van der Waals surface area contributed by atoms with E-state index >= 15 is 0 Å². The minimum atomic E-state index is -3.60. The van der Waals surface area contributed by atoms with E-state index in [0.717, 1.165) is 26.1 Å². The van der Waals surface area contributed by atoms with E-state index in [0.29, 0.717) is 37.3 Å². The molecule has 9 heteroatoms. The van der Waals surface area contributed by atoms with Gasteiger partial charge in [-0.15, -0.1) is 0 Å². The lowest BCUT2D eigenvalue weighted by molar-refractivity contribution is -0.125. The molecule has 174 valence electrons. The van der Waals surface area contributed by atoms with Gasteiger partial charge >= 0.3 is 0 Å². The van der Waals surface area contributed by atoms with Crippen LogP contribution in [0.5, 0.6) is 0 Å². The molecule has 0 saturated heterocycles. The maximum Gasteiger partial charge on any atom is 0.243 e. The van der Waals surface area contributed by atoms with Crippen LogP contribution in [0.15, 0.2) is 23.1 Å². The van der Waals surface area contributed by atoms with Crippen LogP contribution in [0.4, 0.5) is 5.69 Å². The lowest BCUT2D eigenvalue weighted by Crippen LogP contribution is -2.47. The van der Waals surface area contributed by atoms with Crippen LogP contribution < -0.4 is 10.2 Å². The summed E-state index contributed by atoms with van der Waals surface area (Å²) in [6, 6.07) is 4.10. The first-order valence-corrected chi connectivity index (χ1v) is 12.6. The Labute approximate surface area is 186 Å². The van der Waals surface area contributed by atoms with Gasteiger partial charge in [-0.3, -0.25) is 14.5 Å². The van der Waals surface area contributed by atoms with Gasteiger partial charge in [0.05, 0.1) is 4.90 Å². The molecule has 1 aliphatic rings. The van der Waals surface area contributed by atoms with Gasteiger partial charge in [-0.05, 0) is 49.8 Å². The molecule has 0 fully saturated rings. The number of hydrogen-bond acceptors (Lipinski definition) is 5. The van der Waals surface area contributed by atoms with Gasteiger partial charge in [-0.2, -0.15) is 4.31 Å². The highest BCUT2D eigenvalue weighted by molar-refractivity contribution is 7.89. The van der Waals surface area contributed by atoms with E-state index in [1.165, 1.54) is 22.2 Å². The van der Waals surface area contributed by atoms with Crippen molar-refractivity contribution >= 4 is 27.5 Å². The Hall–Kier alpha value is -1.97. The molecule has 1 aliphatic heterocycles. The second kappa shape index (κ2) is 11.1. The van der Waals surface area contributed by atoms with Crippen LogP contribution in [0.25, 0.3) is 0 Å². The van der Waals surface area contributed by atoms with Crippen LogP contribution in [0.3, 0.4) is 0 Å². The van der Waals surface area contributed by atoms with E-state index < -0.39 is 16.1 Å². The highest BCUT2D eigenvalue weighted by Crippen LogP contribution is 2.34. The van der Waals surface area contributed by atoms with Crippen molar-refractivity contribution in [3.63, 3.8) is 0 Å². The molecule has 1 aromatic carbocycles. The number of rotatable bonds is 11. The minimum absolute atomic E-state index is 0.193. The molecule has 0 aliphatic carbocycles. The summed E-state index contributed by atoms with van der Waals surface area (Å²) < 4.78 is 27.1. The van der Waals surface area contributed by atoms with Crippen molar-refractivity contribution in [2.24, 2.45) is 0 Å². The fourth-order valence-electron chi connectivity index (χ4n) is 4.07. The summed E-state index contributed by atoms with van der Waals surface area (Å²) >= 11 is 0. The standard InChI is InChI=1S/C22H36N4O4S/c1-6-24(7-2)14-10-13-23-22(28)21-16-18-15-19(31(29,30)25(8-3)9-4)11-12-20(18)26(21)17(5)27/h11-12,15,21H,6-10,13-14,16H2,1-5H3,(H,23,28). The molecule has 8 nitrogen and oxygen atoms in total. The molecular weight excluding hydrogens is 416 g/mol. The second-order valence-electron chi connectivity index (χ2n) is 7.66. The summed E-state index contributed by atoms with van der Waals surface area (Å²) in [5.74, 6) is -0.444. The number of nitrogens with one attached hydrogen (secondary N) is 1. The highest BCUT2D eigenvalue weighted by Gasteiger charge is 2.37. The number of amides is 2. The van der Waals surface area contributed by atoms with Crippen molar-refractivity contribution in [1.82, 2.24) is 14.5 Å². The fraction of sp³-hybridized carbons (Fsp3) is 0.636. The molecule has 2 rings (SSSR count). The monoisotopic (exact) mass is 452 g/mol. The molecule has 0 aromatic heterocycles. The second-order valence-corrected chi connectivity index (χ2v) is 9.60. The quantitative estimate of drug-likeness (QED) is 0.518. The van der Waals surface area contributed by atoms with Gasteiger partial charge in [0.1, 0.15) is 6.04 Å². The summed E-state index contributed by atoms with van der Waals surface area (Å²) in [6.45, 7) is 13.4. The number of sulfonamides is 1. The summed E-state index contributed by atoms with van der Waals surface area (Å²) in [6.07, 6.45) is 1.14.